The van der Waals surface area contributed by atoms with Crippen molar-refractivity contribution < 1.29 is 18.7 Å². The zero-order valence-corrected chi connectivity index (χ0v) is 14.2. The normalized spacial score (nSPS) is 21.2. The van der Waals surface area contributed by atoms with Crippen molar-refractivity contribution in [2.24, 2.45) is 5.92 Å². The number of likely N-dealkylation sites (tertiary alicyclic amines) is 1. The minimum absolute atomic E-state index is 0.191. The van der Waals surface area contributed by atoms with Gasteiger partial charge in [0.2, 0.25) is 0 Å². The van der Waals surface area contributed by atoms with Gasteiger partial charge in [0, 0.05) is 37.0 Å². The number of rotatable bonds is 4. The third-order valence-electron chi connectivity index (χ3n) is 5.04. The maximum atomic E-state index is 14.2. The van der Waals surface area contributed by atoms with Crippen LogP contribution in [0, 0.1) is 12.8 Å². The lowest BCUT2D eigenvalue weighted by Gasteiger charge is -2.22. The van der Waals surface area contributed by atoms with Gasteiger partial charge in [0.15, 0.2) is 0 Å². The molecule has 0 radical (unpaired) electrons. The summed E-state index contributed by atoms with van der Waals surface area (Å²) in [4.78, 5) is 17.3. The standard InChI is InChI=1S/C19H22F2N2O2/c1-13-4-5-14(18-16(13)3-2-8-22-18)12-23-9-6-15(11-17(24)25)19(20,21)7-10-23/h2-5,8,15H,6-7,9-12H2,1H3,(H,24,25). The quantitative estimate of drug-likeness (QED) is 0.911. The summed E-state index contributed by atoms with van der Waals surface area (Å²) in [5.41, 5.74) is 3.05. The number of aromatic nitrogens is 1. The first-order chi connectivity index (χ1) is 11.9. The molecule has 2 heterocycles. The van der Waals surface area contributed by atoms with Crippen molar-refractivity contribution in [1.82, 2.24) is 9.88 Å². The first-order valence-electron chi connectivity index (χ1n) is 8.52. The number of hydrogen-bond acceptors (Lipinski definition) is 3. The molecule has 0 spiro atoms. The molecule has 2 aromatic rings. The molecular formula is C19H22F2N2O2. The average molecular weight is 348 g/mol. The van der Waals surface area contributed by atoms with Gasteiger partial charge in [-0.15, -0.1) is 0 Å². The van der Waals surface area contributed by atoms with E-state index in [2.05, 4.69) is 4.98 Å². The van der Waals surface area contributed by atoms with Crippen LogP contribution in [0.5, 0.6) is 0 Å². The van der Waals surface area contributed by atoms with Crippen LogP contribution in [0.2, 0.25) is 0 Å². The molecule has 1 N–H and O–H groups in total. The number of nitrogens with zero attached hydrogens (tertiary/aromatic N) is 2. The molecule has 25 heavy (non-hydrogen) atoms. The SMILES string of the molecule is Cc1ccc(CN2CCC(CC(=O)O)C(F)(F)CC2)c2ncccc12. The minimum Gasteiger partial charge on any atom is -0.481 e. The Morgan fingerprint density at radius 2 is 2.16 bits per heavy atom. The third kappa shape index (κ3) is 3.95. The molecular weight excluding hydrogens is 326 g/mol. The van der Waals surface area contributed by atoms with Crippen molar-refractivity contribution in [2.45, 2.75) is 38.7 Å². The van der Waals surface area contributed by atoms with Crippen molar-refractivity contribution >= 4 is 16.9 Å². The largest absolute Gasteiger partial charge is 0.481 e. The van der Waals surface area contributed by atoms with Gasteiger partial charge < -0.3 is 5.11 Å². The van der Waals surface area contributed by atoms with Gasteiger partial charge in [0.05, 0.1) is 11.9 Å². The minimum atomic E-state index is -2.93. The fourth-order valence-corrected chi connectivity index (χ4v) is 3.54. The predicted octanol–water partition coefficient (Wildman–Crippen LogP) is 3.87. The Balaban J connectivity index is 1.78. The second-order valence-corrected chi connectivity index (χ2v) is 6.81. The van der Waals surface area contributed by atoms with E-state index >= 15 is 0 Å². The molecule has 1 atom stereocenters. The average Bonchev–Trinajstić information content (AvgIpc) is 2.70. The van der Waals surface area contributed by atoms with E-state index in [1.54, 1.807) is 6.20 Å². The Morgan fingerprint density at radius 1 is 1.36 bits per heavy atom. The summed E-state index contributed by atoms with van der Waals surface area (Å²) in [6, 6.07) is 7.93. The highest BCUT2D eigenvalue weighted by molar-refractivity contribution is 5.84. The number of carboxylic acid groups (broad SMARTS) is 1. The van der Waals surface area contributed by atoms with Gasteiger partial charge in [-0.05, 0) is 37.1 Å². The van der Waals surface area contributed by atoms with Gasteiger partial charge in [0.1, 0.15) is 0 Å². The Morgan fingerprint density at radius 3 is 2.92 bits per heavy atom. The number of pyridine rings is 1. The van der Waals surface area contributed by atoms with E-state index in [4.69, 9.17) is 5.11 Å². The fraction of sp³-hybridized carbons (Fsp3) is 0.474. The zero-order chi connectivity index (χ0) is 18.0. The molecule has 1 aromatic carbocycles. The molecule has 134 valence electrons. The topological polar surface area (TPSA) is 53.4 Å². The molecule has 4 nitrogen and oxygen atoms in total. The second-order valence-electron chi connectivity index (χ2n) is 6.81. The lowest BCUT2D eigenvalue weighted by Crippen LogP contribution is -2.30. The van der Waals surface area contributed by atoms with E-state index in [1.807, 2.05) is 36.1 Å². The number of aliphatic carboxylic acids is 1. The predicted molar refractivity (Wildman–Crippen MR) is 91.7 cm³/mol. The number of benzene rings is 1. The molecule has 1 aromatic heterocycles. The first kappa shape index (κ1) is 17.7. The molecule has 1 aliphatic heterocycles. The number of halogens is 2. The smallest absolute Gasteiger partial charge is 0.303 e. The molecule has 0 bridgehead atoms. The van der Waals surface area contributed by atoms with Gasteiger partial charge in [-0.2, -0.15) is 0 Å². The van der Waals surface area contributed by atoms with Crippen LogP contribution in [-0.4, -0.2) is 40.0 Å². The maximum Gasteiger partial charge on any atom is 0.303 e. The maximum absolute atomic E-state index is 14.2. The zero-order valence-electron chi connectivity index (χ0n) is 14.2. The highest BCUT2D eigenvalue weighted by Gasteiger charge is 2.42. The van der Waals surface area contributed by atoms with Gasteiger partial charge in [-0.3, -0.25) is 14.7 Å². The van der Waals surface area contributed by atoms with E-state index in [0.29, 0.717) is 13.1 Å². The van der Waals surface area contributed by atoms with Crippen LogP contribution in [0.15, 0.2) is 30.5 Å². The Bertz CT molecular complexity index is 779. The Labute approximate surface area is 145 Å². The third-order valence-corrected chi connectivity index (χ3v) is 5.04. The van der Waals surface area contributed by atoms with Crippen molar-refractivity contribution in [3.63, 3.8) is 0 Å². The van der Waals surface area contributed by atoms with E-state index in [1.165, 1.54) is 0 Å². The monoisotopic (exact) mass is 348 g/mol. The van der Waals surface area contributed by atoms with Crippen molar-refractivity contribution in [3.05, 3.63) is 41.6 Å². The number of hydrogen-bond donors (Lipinski definition) is 1. The first-order valence-corrected chi connectivity index (χ1v) is 8.52. The lowest BCUT2D eigenvalue weighted by atomic mass is 9.93. The van der Waals surface area contributed by atoms with Crippen LogP contribution < -0.4 is 0 Å². The van der Waals surface area contributed by atoms with Crippen LogP contribution in [0.3, 0.4) is 0 Å². The summed E-state index contributed by atoms with van der Waals surface area (Å²) in [6.45, 7) is 3.29. The molecule has 1 fully saturated rings. The van der Waals surface area contributed by atoms with Crippen LogP contribution >= 0.6 is 0 Å². The van der Waals surface area contributed by atoms with Crippen LogP contribution in [0.1, 0.15) is 30.4 Å². The number of carbonyl (C=O) groups is 1. The van der Waals surface area contributed by atoms with Crippen LogP contribution in [-0.2, 0) is 11.3 Å². The number of alkyl halides is 2. The number of carboxylic acids is 1. The highest BCUT2D eigenvalue weighted by Crippen LogP contribution is 2.36. The van der Waals surface area contributed by atoms with Crippen LogP contribution in [0.25, 0.3) is 10.9 Å². The van der Waals surface area contributed by atoms with E-state index in [-0.39, 0.29) is 19.4 Å². The Hall–Kier alpha value is -2.08. The summed E-state index contributed by atoms with van der Waals surface area (Å²) in [5, 5.41) is 9.95. The van der Waals surface area contributed by atoms with Gasteiger partial charge in [0.25, 0.3) is 5.92 Å². The molecule has 0 aliphatic carbocycles. The van der Waals surface area contributed by atoms with Gasteiger partial charge in [-0.1, -0.05) is 18.2 Å². The fourth-order valence-electron chi connectivity index (χ4n) is 3.54. The molecule has 0 amide bonds. The summed E-state index contributed by atoms with van der Waals surface area (Å²) < 4.78 is 28.4. The summed E-state index contributed by atoms with van der Waals surface area (Å²) in [6.07, 6.45) is 1.15. The highest BCUT2D eigenvalue weighted by atomic mass is 19.3. The van der Waals surface area contributed by atoms with Crippen molar-refractivity contribution in [3.8, 4) is 0 Å². The molecule has 3 rings (SSSR count). The molecule has 1 aliphatic rings. The van der Waals surface area contributed by atoms with Crippen molar-refractivity contribution in [1.29, 1.82) is 0 Å². The lowest BCUT2D eigenvalue weighted by molar-refractivity contribution is -0.143. The van der Waals surface area contributed by atoms with Gasteiger partial charge in [-0.25, -0.2) is 8.78 Å². The summed E-state index contributed by atoms with van der Waals surface area (Å²) in [5.74, 6) is -5.18. The number of fused-ring (bicyclic) bond motifs is 1. The number of aryl methyl sites for hydroxylation is 1. The molecule has 6 heteroatoms. The van der Waals surface area contributed by atoms with Gasteiger partial charge >= 0.3 is 5.97 Å². The van der Waals surface area contributed by atoms with Crippen LogP contribution in [0.4, 0.5) is 8.78 Å². The second kappa shape index (κ2) is 7.04. The summed E-state index contributed by atoms with van der Waals surface area (Å²) >= 11 is 0. The molecule has 1 saturated heterocycles. The van der Waals surface area contributed by atoms with E-state index < -0.39 is 24.2 Å². The Kier molecular flexibility index (Phi) is 4.99. The molecule has 1 unspecified atom stereocenters. The van der Waals surface area contributed by atoms with E-state index in [9.17, 15) is 13.6 Å². The summed E-state index contributed by atoms with van der Waals surface area (Å²) in [7, 11) is 0. The van der Waals surface area contributed by atoms with Crippen molar-refractivity contribution in [2.75, 3.05) is 13.1 Å². The van der Waals surface area contributed by atoms with E-state index in [0.717, 1.165) is 22.0 Å². The molecule has 0 saturated carbocycles.